The molecule has 1 aliphatic carbocycles. The number of carboxylic acids is 1. The van der Waals surface area contributed by atoms with E-state index in [2.05, 4.69) is 21.2 Å². The molecule has 2 N–H and O–H groups in total. The van der Waals surface area contributed by atoms with Crippen molar-refractivity contribution >= 4 is 40.3 Å². The number of rotatable bonds is 9. The summed E-state index contributed by atoms with van der Waals surface area (Å²) in [5.74, 6) is 0.0204. The average molecular weight is 746 g/mol. The maximum absolute atomic E-state index is 13.7. The van der Waals surface area contributed by atoms with E-state index in [9.17, 15) is 20.0 Å². The summed E-state index contributed by atoms with van der Waals surface area (Å²) >= 11 is 7.05. The van der Waals surface area contributed by atoms with Crippen LogP contribution in [0.5, 0.6) is 0 Å². The molecule has 5 aromatic rings. The molecule has 1 saturated carbocycles. The van der Waals surface area contributed by atoms with Crippen molar-refractivity contribution in [2.45, 2.75) is 65.0 Å². The van der Waals surface area contributed by atoms with Crippen LogP contribution in [0.4, 0.5) is 5.69 Å². The molecule has 1 amide bonds. The molecule has 278 valence electrons. The minimum Gasteiger partial charge on any atom is -0.481 e. The molecule has 0 radical (unpaired) electrons. The summed E-state index contributed by atoms with van der Waals surface area (Å²) < 4.78 is 8.15. The molecular weight excluding hydrogens is 702 g/mol. The number of likely N-dealkylation sites (tertiary alicyclic amines) is 1. The number of benzene rings is 3. The SMILES string of the molecule is Cc1c(-c2nc3cc(CN4CCCC4)cc(C#N)c3o2)cccc1-c1cccc(NC(=O)c2nc3c(n2C)CCN(C[C@H]2CC[C@@H](C(=O)O)CC2)C3)c1Cl. The topological polar surface area (TPSA) is 141 Å². The van der Waals surface area contributed by atoms with Gasteiger partial charge >= 0.3 is 5.97 Å². The highest BCUT2D eigenvalue weighted by molar-refractivity contribution is 6.36. The largest absolute Gasteiger partial charge is 0.481 e. The van der Waals surface area contributed by atoms with Crippen LogP contribution in [0.3, 0.4) is 0 Å². The van der Waals surface area contributed by atoms with Crippen LogP contribution < -0.4 is 5.32 Å². The maximum atomic E-state index is 13.7. The van der Waals surface area contributed by atoms with E-state index >= 15 is 0 Å². The first-order valence-electron chi connectivity index (χ1n) is 18.9. The second-order valence-corrected chi connectivity index (χ2v) is 15.5. The lowest BCUT2D eigenvalue weighted by Gasteiger charge is -2.33. The number of aromatic nitrogens is 3. The van der Waals surface area contributed by atoms with Gasteiger partial charge in [0.2, 0.25) is 5.89 Å². The zero-order valence-electron chi connectivity index (χ0n) is 30.7. The number of halogens is 1. The third-order valence-electron chi connectivity index (χ3n) is 11.6. The highest BCUT2D eigenvalue weighted by Gasteiger charge is 2.30. The van der Waals surface area contributed by atoms with E-state index in [1.54, 1.807) is 6.07 Å². The van der Waals surface area contributed by atoms with Gasteiger partial charge in [-0.2, -0.15) is 5.26 Å². The number of nitrogens with one attached hydrogen (secondary N) is 1. The Labute approximate surface area is 319 Å². The Morgan fingerprint density at radius 2 is 1.74 bits per heavy atom. The number of fused-ring (bicyclic) bond motifs is 2. The third-order valence-corrected chi connectivity index (χ3v) is 12.0. The number of carbonyl (C=O) groups is 2. The maximum Gasteiger partial charge on any atom is 0.306 e. The van der Waals surface area contributed by atoms with E-state index < -0.39 is 5.97 Å². The lowest BCUT2D eigenvalue weighted by Crippen LogP contribution is -2.36. The molecule has 11 nitrogen and oxygen atoms in total. The predicted octanol–water partition coefficient (Wildman–Crippen LogP) is 7.83. The van der Waals surface area contributed by atoms with Crippen molar-refractivity contribution in [2.24, 2.45) is 18.9 Å². The molecule has 2 fully saturated rings. The van der Waals surface area contributed by atoms with Crippen molar-refractivity contribution in [3.63, 3.8) is 0 Å². The smallest absolute Gasteiger partial charge is 0.306 e. The van der Waals surface area contributed by atoms with Crippen molar-refractivity contribution in [3.05, 3.63) is 87.5 Å². The standard InChI is InChI=1S/C42H44ClN7O4/c1-25-30(7-5-8-31(25)41-47-34-20-27(23-49-16-3-4-17-49)19-29(21-44)38(34)54-41)32-9-6-10-33(37(32)43)46-40(51)39-45-35-24-50(18-15-36(35)48(39)2)22-26-11-13-28(14-12-26)42(52)53/h5-10,19-20,26,28H,3-4,11-18,22-24H2,1-2H3,(H,46,51)(H,52,53)/t26-,28+. The Kier molecular flexibility index (Phi) is 10.0. The fourth-order valence-electron chi connectivity index (χ4n) is 8.65. The molecule has 2 aliphatic heterocycles. The van der Waals surface area contributed by atoms with Crippen molar-refractivity contribution in [2.75, 3.05) is 31.5 Å². The van der Waals surface area contributed by atoms with E-state index in [-0.39, 0.29) is 11.8 Å². The van der Waals surface area contributed by atoms with E-state index in [0.717, 1.165) is 104 Å². The van der Waals surface area contributed by atoms with Gasteiger partial charge in [-0.15, -0.1) is 0 Å². The minimum atomic E-state index is -0.679. The molecule has 0 atom stereocenters. The fourth-order valence-corrected chi connectivity index (χ4v) is 8.93. The first kappa shape index (κ1) is 36.0. The number of imidazole rings is 1. The number of amides is 1. The Morgan fingerprint density at radius 1 is 1.00 bits per heavy atom. The Bertz CT molecular complexity index is 2290. The fraction of sp³-hybridized carbons (Fsp3) is 0.405. The van der Waals surface area contributed by atoms with Gasteiger partial charge in [0.1, 0.15) is 11.6 Å². The second kappa shape index (κ2) is 15.0. The van der Waals surface area contributed by atoms with Gasteiger partial charge < -0.3 is 19.4 Å². The molecule has 12 heteroatoms. The normalized spacial score (nSPS) is 19.1. The van der Waals surface area contributed by atoms with E-state index in [0.29, 0.717) is 51.6 Å². The second-order valence-electron chi connectivity index (χ2n) is 15.1. The van der Waals surface area contributed by atoms with E-state index in [4.69, 9.17) is 26.0 Å². The van der Waals surface area contributed by atoms with Gasteiger partial charge in [0.25, 0.3) is 5.91 Å². The number of aliphatic carboxylic acids is 1. The summed E-state index contributed by atoms with van der Waals surface area (Å²) in [5.41, 5.74) is 8.43. The lowest BCUT2D eigenvalue weighted by molar-refractivity contribution is -0.143. The Morgan fingerprint density at radius 3 is 2.50 bits per heavy atom. The third kappa shape index (κ3) is 7.02. The summed E-state index contributed by atoms with van der Waals surface area (Å²) in [5, 5.41) is 22.8. The summed E-state index contributed by atoms with van der Waals surface area (Å²) in [4.78, 5) is 39.6. The number of carbonyl (C=O) groups excluding carboxylic acids is 1. The van der Waals surface area contributed by atoms with Crippen LogP contribution in [0, 0.1) is 30.1 Å². The van der Waals surface area contributed by atoms with Gasteiger partial charge in [-0.1, -0.05) is 35.9 Å². The van der Waals surface area contributed by atoms with Gasteiger partial charge in [-0.05, 0) is 105 Å². The van der Waals surface area contributed by atoms with Crippen molar-refractivity contribution in [1.29, 1.82) is 5.26 Å². The Balaban J connectivity index is 0.997. The van der Waals surface area contributed by atoms with Crippen LogP contribution >= 0.6 is 11.6 Å². The lowest BCUT2D eigenvalue weighted by atomic mass is 9.81. The monoisotopic (exact) mass is 745 g/mol. The number of oxazole rings is 1. The van der Waals surface area contributed by atoms with Crippen molar-refractivity contribution < 1.29 is 19.1 Å². The number of hydrogen-bond donors (Lipinski definition) is 2. The van der Waals surface area contributed by atoms with Crippen LogP contribution in [-0.2, 0) is 31.4 Å². The number of nitrogens with zero attached hydrogens (tertiary/aromatic N) is 6. The quantitative estimate of drug-likeness (QED) is 0.155. The van der Waals surface area contributed by atoms with Gasteiger partial charge in [-0.25, -0.2) is 9.97 Å². The zero-order chi connectivity index (χ0) is 37.5. The van der Waals surface area contributed by atoms with Gasteiger partial charge in [-0.3, -0.25) is 19.4 Å². The van der Waals surface area contributed by atoms with Crippen LogP contribution in [0.15, 0.2) is 52.9 Å². The van der Waals surface area contributed by atoms with Crippen LogP contribution in [0.25, 0.3) is 33.7 Å². The summed E-state index contributed by atoms with van der Waals surface area (Å²) in [7, 11) is 1.89. The predicted molar refractivity (Wildman–Crippen MR) is 207 cm³/mol. The van der Waals surface area contributed by atoms with E-state index in [1.165, 1.54) is 12.8 Å². The molecule has 1 saturated heterocycles. The first-order chi connectivity index (χ1) is 26.2. The van der Waals surface area contributed by atoms with Gasteiger partial charge in [0.05, 0.1) is 27.9 Å². The molecule has 54 heavy (non-hydrogen) atoms. The Hall–Kier alpha value is -5.02. The highest BCUT2D eigenvalue weighted by atomic mass is 35.5. The van der Waals surface area contributed by atoms with Crippen molar-refractivity contribution in [1.82, 2.24) is 24.3 Å². The number of hydrogen-bond acceptors (Lipinski definition) is 8. The molecule has 3 aromatic carbocycles. The minimum absolute atomic E-state index is 0.216. The first-order valence-corrected chi connectivity index (χ1v) is 19.3. The van der Waals surface area contributed by atoms with Gasteiger partial charge in [0.15, 0.2) is 11.4 Å². The van der Waals surface area contributed by atoms with E-state index in [1.807, 2.05) is 61.0 Å². The summed E-state index contributed by atoms with van der Waals surface area (Å²) in [6, 6.07) is 17.7. The molecule has 4 heterocycles. The molecule has 0 spiro atoms. The molecule has 8 rings (SSSR count). The van der Waals surface area contributed by atoms with Crippen LogP contribution in [0.1, 0.15) is 77.2 Å². The number of nitriles is 1. The average Bonchev–Trinajstić information content (AvgIpc) is 3.92. The molecule has 3 aliphatic rings. The molecule has 0 bridgehead atoms. The molecule has 2 aromatic heterocycles. The summed E-state index contributed by atoms with van der Waals surface area (Å²) in [6.07, 6.45) is 6.53. The van der Waals surface area contributed by atoms with Gasteiger partial charge in [0, 0.05) is 56.5 Å². The number of anilines is 1. The molecular formula is C42H44ClN7O4. The number of carboxylic acid groups (broad SMARTS) is 1. The summed E-state index contributed by atoms with van der Waals surface area (Å²) in [6.45, 7) is 7.37. The highest BCUT2D eigenvalue weighted by Crippen LogP contribution is 2.39. The van der Waals surface area contributed by atoms with Crippen LogP contribution in [0.2, 0.25) is 5.02 Å². The molecule has 0 unspecified atom stereocenters. The van der Waals surface area contributed by atoms with Crippen molar-refractivity contribution in [3.8, 4) is 28.7 Å². The zero-order valence-corrected chi connectivity index (χ0v) is 31.5. The van der Waals surface area contributed by atoms with Crippen LogP contribution in [-0.4, -0.2) is 67.5 Å².